The third-order valence-corrected chi connectivity index (χ3v) is 3.55. The average molecular weight is 316 g/mol. The molecule has 0 aliphatic rings. The van der Waals surface area contributed by atoms with Gasteiger partial charge in [0.2, 0.25) is 0 Å². The number of ether oxygens (including phenoxy) is 2. The molecule has 0 atom stereocenters. The van der Waals surface area contributed by atoms with Crippen LogP contribution in [0, 0.1) is 0 Å². The Balaban J connectivity index is 2.63. The van der Waals surface area contributed by atoms with Gasteiger partial charge in [-0.1, -0.05) is 0 Å². The van der Waals surface area contributed by atoms with E-state index in [-0.39, 0.29) is 0 Å². The Morgan fingerprint density at radius 2 is 2.00 bits per heavy atom. The van der Waals surface area contributed by atoms with Crippen LogP contribution in [0.5, 0.6) is 11.5 Å². The topological polar surface area (TPSA) is 70.3 Å². The van der Waals surface area contributed by atoms with Crippen molar-refractivity contribution in [2.24, 2.45) is 0 Å². The fourth-order valence-electron chi connectivity index (χ4n) is 1.46. The Morgan fingerprint density at radius 1 is 1.24 bits per heavy atom. The van der Waals surface area contributed by atoms with E-state index in [2.05, 4.69) is 24.7 Å². The second kappa shape index (κ2) is 4.89. The number of nitrogens with two attached hydrogens (primary N) is 1. The highest BCUT2D eigenvalue weighted by molar-refractivity contribution is 9.10. The minimum absolute atomic E-state index is 0.394. The van der Waals surface area contributed by atoms with Crippen molar-refractivity contribution in [1.29, 1.82) is 0 Å². The second-order valence-electron chi connectivity index (χ2n) is 3.16. The van der Waals surface area contributed by atoms with Gasteiger partial charge in [0.1, 0.15) is 21.7 Å². The first-order chi connectivity index (χ1) is 8.19. The van der Waals surface area contributed by atoms with Gasteiger partial charge in [-0.25, -0.2) is 0 Å². The molecule has 2 N–H and O–H groups in total. The van der Waals surface area contributed by atoms with Crippen LogP contribution in [-0.2, 0) is 0 Å². The molecular weight excluding hydrogens is 306 g/mol. The van der Waals surface area contributed by atoms with Crippen LogP contribution in [0.25, 0.3) is 11.3 Å². The molecule has 0 saturated heterocycles. The third-order valence-electron chi connectivity index (χ3n) is 2.25. The fraction of sp³-hybridized carbons (Fsp3) is 0.200. The molecule has 0 aliphatic heterocycles. The lowest BCUT2D eigenvalue weighted by Crippen LogP contribution is -1.95. The molecule has 1 aromatic carbocycles. The first kappa shape index (κ1) is 12.1. The molecule has 2 rings (SSSR count). The summed E-state index contributed by atoms with van der Waals surface area (Å²) in [6, 6.07) is 3.66. The molecule has 2 aromatic rings. The van der Waals surface area contributed by atoms with Gasteiger partial charge >= 0.3 is 0 Å². The highest BCUT2D eigenvalue weighted by atomic mass is 79.9. The normalized spacial score (nSPS) is 10.3. The summed E-state index contributed by atoms with van der Waals surface area (Å²) in [6.45, 7) is 0. The van der Waals surface area contributed by atoms with Gasteiger partial charge < -0.3 is 15.2 Å². The van der Waals surface area contributed by atoms with Gasteiger partial charge in [0.25, 0.3) is 0 Å². The van der Waals surface area contributed by atoms with Gasteiger partial charge in [-0.15, -0.1) is 0 Å². The predicted molar refractivity (Wildman–Crippen MR) is 70.6 cm³/mol. The molecule has 0 saturated carbocycles. The molecule has 90 valence electrons. The molecule has 5 nitrogen and oxygen atoms in total. The van der Waals surface area contributed by atoms with Crippen LogP contribution >= 0.6 is 27.7 Å². The Hall–Kier alpha value is -1.34. The Morgan fingerprint density at radius 3 is 2.53 bits per heavy atom. The van der Waals surface area contributed by atoms with Crippen molar-refractivity contribution in [1.82, 2.24) is 8.75 Å². The summed E-state index contributed by atoms with van der Waals surface area (Å²) in [5, 5.41) is 0. The molecule has 0 amide bonds. The van der Waals surface area contributed by atoms with Gasteiger partial charge in [-0.05, 0) is 28.1 Å². The zero-order valence-electron chi connectivity index (χ0n) is 9.23. The molecule has 0 radical (unpaired) electrons. The van der Waals surface area contributed by atoms with Crippen LogP contribution in [0.1, 0.15) is 0 Å². The van der Waals surface area contributed by atoms with Crippen molar-refractivity contribution < 1.29 is 9.47 Å². The van der Waals surface area contributed by atoms with E-state index in [1.54, 1.807) is 14.2 Å². The van der Waals surface area contributed by atoms with E-state index in [4.69, 9.17) is 15.2 Å². The number of nitrogen functional groups attached to an aromatic ring is 1. The number of benzene rings is 1. The van der Waals surface area contributed by atoms with Gasteiger partial charge in [-0.3, -0.25) is 0 Å². The first-order valence-corrected chi connectivity index (χ1v) is 6.20. The lowest BCUT2D eigenvalue weighted by Gasteiger charge is -2.12. The number of nitrogens with zero attached hydrogens (tertiary/aromatic N) is 2. The van der Waals surface area contributed by atoms with Gasteiger partial charge in [0.05, 0.1) is 25.9 Å². The van der Waals surface area contributed by atoms with E-state index in [1.165, 1.54) is 0 Å². The van der Waals surface area contributed by atoms with E-state index in [0.29, 0.717) is 23.0 Å². The van der Waals surface area contributed by atoms with E-state index >= 15 is 0 Å². The quantitative estimate of drug-likeness (QED) is 0.942. The summed E-state index contributed by atoms with van der Waals surface area (Å²) >= 11 is 4.50. The molecule has 1 aromatic heterocycles. The largest absolute Gasteiger partial charge is 0.495 e. The lowest BCUT2D eigenvalue weighted by molar-refractivity contribution is 0.390. The molecule has 0 aliphatic carbocycles. The third kappa shape index (κ3) is 2.07. The maximum atomic E-state index is 5.75. The van der Waals surface area contributed by atoms with Gasteiger partial charge in [-0.2, -0.15) is 8.75 Å². The number of halogens is 1. The molecule has 7 heteroatoms. The molecule has 0 unspecified atom stereocenters. The van der Waals surface area contributed by atoms with Crippen LogP contribution in [0.4, 0.5) is 5.82 Å². The Bertz CT molecular complexity index is 544. The van der Waals surface area contributed by atoms with Crippen molar-refractivity contribution in [3.05, 3.63) is 16.6 Å². The van der Waals surface area contributed by atoms with Gasteiger partial charge in [0.15, 0.2) is 5.82 Å². The van der Waals surface area contributed by atoms with Crippen LogP contribution in [0.2, 0.25) is 0 Å². The molecule has 17 heavy (non-hydrogen) atoms. The number of hydrogen-bond donors (Lipinski definition) is 1. The Kier molecular flexibility index (Phi) is 3.49. The highest BCUT2D eigenvalue weighted by Gasteiger charge is 2.18. The van der Waals surface area contributed by atoms with E-state index in [0.717, 1.165) is 21.8 Å². The number of aromatic nitrogens is 2. The Labute approximate surface area is 111 Å². The monoisotopic (exact) mass is 315 g/mol. The number of hydrogen-bond acceptors (Lipinski definition) is 6. The van der Waals surface area contributed by atoms with E-state index in [9.17, 15) is 0 Å². The van der Waals surface area contributed by atoms with Crippen LogP contribution in [-0.4, -0.2) is 23.0 Å². The maximum Gasteiger partial charge on any atom is 0.165 e. The molecule has 1 heterocycles. The molecule has 0 fully saturated rings. The summed E-state index contributed by atoms with van der Waals surface area (Å²) < 4.78 is 19.4. The molecule has 0 spiro atoms. The maximum absolute atomic E-state index is 5.75. The lowest BCUT2D eigenvalue weighted by atomic mass is 10.1. The number of anilines is 1. The summed E-state index contributed by atoms with van der Waals surface area (Å²) in [5.41, 5.74) is 7.16. The van der Waals surface area contributed by atoms with Crippen LogP contribution in [0.3, 0.4) is 0 Å². The fourth-order valence-corrected chi connectivity index (χ4v) is 2.62. The standard InChI is InChI=1S/C10H10BrN3O2S/c1-15-6-4-3-5(9(16-2)7(6)11)8-10(12)14-17-13-8/h3-4H,1-2H3,(H2,12,14). The summed E-state index contributed by atoms with van der Waals surface area (Å²) in [7, 11) is 3.18. The minimum atomic E-state index is 0.394. The van der Waals surface area contributed by atoms with Crippen molar-refractivity contribution in [2.75, 3.05) is 20.0 Å². The highest BCUT2D eigenvalue weighted by Crippen LogP contribution is 2.42. The predicted octanol–water partition coefficient (Wildman–Crippen LogP) is 2.57. The van der Waals surface area contributed by atoms with Crippen molar-refractivity contribution in [3.8, 4) is 22.8 Å². The van der Waals surface area contributed by atoms with E-state index in [1.807, 2.05) is 12.1 Å². The number of methoxy groups -OCH3 is 2. The van der Waals surface area contributed by atoms with E-state index < -0.39 is 0 Å². The van der Waals surface area contributed by atoms with Crippen molar-refractivity contribution in [3.63, 3.8) is 0 Å². The molecular formula is C10H10BrN3O2S. The number of rotatable bonds is 3. The zero-order valence-corrected chi connectivity index (χ0v) is 11.6. The SMILES string of the molecule is COc1ccc(-c2nsnc2N)c(OC)c1Br. The molecule has 0 bridgehead atoms. The summed E-state index contributed by atoms with van der Waals surface area (Å²) in [6.07, 6.45) is 0. The summed E-state index contributed by atoms with van der Waals surface area (Å²) in [4.78, 5) is 0. The van der Waals surface area contributed by atoms with Crippen LogP contribution < -0.4 is 15.2 Å². The summed E-state index contributed by atoms with van der Waals surface area (Å²) in [5.74, 6) is 1.71. The average Bonchev–Trinajstić information content (AvgIpc) is 2.75. The smallest absolute Gasteiger partial charge is 0.165 e. The van der Waals surface area contributed by atoms with Gasteiger partial charge in [0, 0.05) is 5.56 Å². The minimum Gasteiger partial charge on any atom is -0.495 e. The first-order valence-electron chi connectivity index (χ1n) is 4.68. The van der Waals surface area contributed by atoms with Crippen molar-refractivity contribution >= 4 is 33.5 Å². The zero-order chi connectivity index (χ0) is 12.4. The van der Waals surface area contributed by atoms with Crippen LogP contribution in [0.15, 0.2) is 16.6 Å². The second-order valence-corrected chi connectivity index (χ2v) is 4.48. The van der Waals surface area contributed by atoms with Crippen molar-refractivity contribution in [2.45, 2.75) is 0 Å².